The smallest absolute Gasteiger partial charge is 0.437 e. The van der Waals surface area contributed by atoms with Crippen LogP contribution >= 0.6 is 23.2 Å². The maximum Gasteiger partial charge on any atom is 0.437 e. The summed E-state index contributed by atoms with van der Waals surface area (Å²) in [6.07, 6.45) is -1.11. The van der Waals surface area contributed by atoms with Crippen molar-refractivity contribution in [2.45, 2.75) is 97.0 Å². The number of rotatable bonds is 9. The fourth-order valence-electron chi connectivity index (χ4n) is 5.52. The monoisotopic (exact) mass is 792 g/mol. The molecule has 1 fully saturated rings. The molecule has 0 unspecified atom stereocenters. The van der Waals surface area contributed by atoms with Crippen LogP contribution in [0.15, 0.2) is 46.3 Å². The van der Waals surface area contributed by atoms with Gasteiger partial charge in [-0.25, -0.2) is 23.0 Å². The zero-order valence-corrected chi connectivity index (χ0v) is 33.4. The van der Waals surface area contributed by atoms with Crippen molar-refractivity contribution in [2.24, 2.45) is 4.99 Å². The van der Waals surface area contributed by atoms with Crippen molar-refractivity contribution in [3.8, 4) is 5.75 Å². The number of para-hydroxylation sites is 1. The minimum absolute atomic E-state index is 0.000366. The number of carbonyl (C=O) groups is 3. The van der Waals surface area contributed by atoms with Crippen LogP contribution in [0, 0.1) is 13.8 Å². The maximum atomic E-state index is 14.0. The van der Waals surface area contributed by atoms with Gasteiger partial charge in [0.1, 0.15) is 40.0 Å². The summed E-state index contributed by atoms with van der Waals surface area (Å²) in [6.45, 7) is 13.8. The van der Waals surface area contributed by atoms with Gasteiger partial charge in [-0.15, -0.1) is 4.99 Å². The van der Waals surface area contributed by atoms with Gasteiger partial charge in [0.25, 0.3) is 0 Å². The molecule has 17 heteroatoms. The number of nitrogens with zero attached hydrogens (tertiary/aromatic N) is 3. The molecule has 1 atom stereocenters. The summed E-state index contributed by atoms with van der Waals surface area (Å²) in [5.41, 5.74) is 1.14. The van der Waals surface area contributed by atoms with E-state index in [1.165, 1.54) is 12.1 Å². The van der Waals surface area contributed by atoms with E-state index in [0.29, 0.717) is 17.7 Å². The molecule has 0 radical (unpaired) electrons. The molecule has 1 aliphatic heterocycles. The number of carbonyl (C=O) groups excluding carboxylic acids is 3. The van der Waals surface area contributed by atoms with E-state index < -0.39 is 45.4 Å². The number of pyridine rings is 1. The highest BCUT2D eigenvalue weighted by molar-refractivity contribution is 7.89. The van der Waals surface area contributed by atoms with Crippen LogP contribution in [0.5, 0.6) is 5.75 Å². The number of sulfonamides is 1. The molecule has 0 aliphatic carbocycles. The number of halogens is 2. The second kappa shape index (κ2) is 16.9. The molecule has 288 valence electrons. The molecule has 3 aromatic rings. The second-order valence-electron chi connectivity index (χ2n) is 14.4. The Morgan fingerprint density at radius 2 is 1.66 bits per heavy atom. The number of hydrogen-bond acceptors (Lipinski definition) is 9. The zero-order chi connectivity index (χ0) is 39.3. The number of fused-ring (bicyclic) bond motifs is 1. The summed E-state index contributed by atoms with van der Waals surface area (Å²) in [5.74, 6) is -0.308. The summed E-state index contributed by atoms with van der Waals surface area (Å²) in [5, 5.41) is 8.87. The van der Waals surface area contributed by atoms with Crippen molar-refractivity contribution in [1.29, 1.82) is 0 Å². The third-order valence-corrected chi connectivity index (χ3v) is 10.5. The van der Waals surface area contributed by atoms with Gasteiger partial charge in [0.2, 0.25) is 21.9 Å². The van der Waals surface area contributed by atoms with E-state index >= 15 is 0 Å². The third-order valence-electron chi connectivity index (χ3n) is 7.69. The number of nitrogens with one attached hydrogen (secondary N) is 3. The van der Waals surface area contributed by atoms with E-state index in [2.05, 4.69) is 25.9 Å². The molecular weight excluding hydrogens is 747 g/mol. The second-order valence-corrected chi connectivity index (χ2v) is 17.1. The molecule has 14 nitrogen and oxygen atoms in total. The molecule has 3 amide bonds. The Balaban J connectivity index is 1.44. The number of benzene rings is 2. The van der Waals surface area contributed by atoms with E-state index in [4.69, 9.17) is 37.4 Å². The topological polar surface area (TPSA) is 178 Å². The minimum atomic E-state index is -4.27. The minimum Gasteiger partial charge on any atom is -0.487 e. The van der Waals surface area contributed by atoms with Crippen LogP contribution in [-0.4, -0.2) is 78.6 Å². The van der Waals surface area contributed by atoms with Crippen LogP contribution in [0.25, 0.3) is 10.9 Å². The molecule has 53 heavy (non-hydrogen) atoms. The number of aromatic nitrogens is 1. The van der Waals surface area contributed by atoms with Gasteiger partial charge in [-0.3, -0.25) is 10.1 Å². The Bertz CT molecular complexity index is 2010. The number of alkyl carbamates (subject to hydrolysis) is 1. The number of aliphatic imine (C=N–C) groups is 1. The number of guanidine groups is 1. The molecule has 0 bridgehead atoms. The maximum absolute atomic E-state index is 14.0. The first-order valence-electron chi connectivity index (χ1n) is 17.0. The molecule has 2 heterocycles. The largest absolute Gasteiger partial charge is 0.487 e. The number of amides is 3. The Labute approximate surface area is 320 Å². The lowest BCUT2D eigenvalue weighted by molar-refractivity contribution is -0.124. The average Bonchev–Trinajstić information content (AvgIpc) is 3.52. The van der Waals surface area contributed by atoms with Crippen LogP contribution < -0.4 is 20.7 Å². The van der Waals surface area contributed by atoms with Gasteiger partial charge in [-0.05, 0) is 98.1 Å². The van der Waals surface area contributed by atoms with Crippen molar-refractivity contribution < 1.29 is 37.0 Å². The molecule has 0 saturated carbocycles. The van der Waals surface area contributed by atoms with Gasteiger partial charge in [0.05, 0.1) is 5.02 Å². The van der Waals surface area contributed by atoms with Gasteiger partial charge in [0.15, 0.2) is 0 Å². The Hall–Kier alpha value is -4.18. The normalized spacial score (nSPS) is 15.6. The zero-order valence-electron chi connectivity index (χ0n) is 31.1. The number of hydrogen-bond donors (Lipinski definition) is 3. The van der Waals surface area contributed by atoms with Crippen molar-refractivity contribution in [2.75, 3.05) is 19.6 Å². The molecule has 2 aromatic carbocycles. The van der Waals surface area contributed by atoms with Crippen molar-refractivity contribution >= 4 is 68.2 Å². The van der Waals surface area contributed by atoms with Crippen LogP contribution in [0.2, 0.25) is 10.0 Å². The Morgan fingerprint density at radius 3 is 2.34 bits per heavy atom. The summed E-state index contributed by atoms with van der Waals surface area (Å²) >= 11 is 13.2. The van der Waals surface area contributed by atoms with Crippen LogP contribution in [0.1, 0.15) is 71.2 Å². The fraction of sp³-hybridized carbons (Fsp3) is 0.472. The SMILES string of the molecule is Cc1cc(C)c2cccc(OCc3c(Cl)ccc(S(=O)(=O)N4CCC[C@H]4C(=O)NCCN/C(=N\C(=O)OC(C)(C)C)NC(=O)OC(C)(C)C)c3Cl)c2n1. The highest BCUT2D eigenvalue weighted by Gasteiger charge is 2.40. The summed E-state index contributed by atoms with van der Waals surface area (Å²) in [6, 6.07) is 9.27. The van der Waals surface area contributed by atoms with E-state index in [1.807, 2.05) is 32.0 Å². The van der Waals surface area contributed by atoms with Gasteiger partial charge >= 0.3 is 12.2 Å². The van der Waals surface area contributed by atoms with Gasteiger partial charge in [-0.1, -0.05) is 35.3 Å². The molecule has 1 aliphatic rings. The highest BCUT2D eigenvalue weighted by Crippen LogP contribution is 2.36. The molecular formula is C36H46Cl2N6O8S. The molecule has 1 aromatic heterocycles. The predicted octanol–water partition coefficient (Wildman–Crippen LogP) is 6.41. The lowest BCUT2D eigenvalue weighted by Crippen LogP contribution is -2.49. The third kappa shape index (κ3) is 11.2. The van der Waals surface area contributed by atoms with E-state index in [-0.39, 0.29) is 59.1 Å². The lowest BCUT2D eigenvalue weighted by atomic mass is 10.1. The summed E-state index contributed by atoms with van der Waals surface area (Å²) in [7, 11) is -4.27. The van der Waals surface area contributed by atoms with Crippen molar-refractivity contribution in [3.63, 3.8) is 0 Å². The Kier molecular flexibility index (Phi) is 13.2. The Morgan fingerprint density at radius 1 is 0.981 bits per heavy atom. The van der Waals surface area contributed by atoms with Crippen LogP contribution in [0.3, 0.4) is 0 Å². The van der Waals surface area contributed by atoms with Crippen LogP contribution in [0.4, 0.5) is 9.59 Å². The molecule has 4 rings (SSSR count). The van der Waals surface area contributed by atoms with E-state index in [0.717, 1.165) is 20.9 Å². The molecule has 1 saturated heterocycles. The van der Waals surface area contributed by atoms with E-state index in [1.54, 1.807) is 47.6 Å². The van der Waals surface area contributed by atoms with Crippen molar-refractivity contribution in [3.05, 3.63) is 63.3 Å². The van der Waals surface area contributed by atoms with Crippen molar-refractivity contribution in [1.82, 2.24) is 25.2 Å². The average molecular weight is 794 g/mol. The number of ether oxygens (including phenoxy) is 3. The van der Waals surface area contributed by atoms with Gasteiger partial charge in [0, 0.05) is 41.3 Å². The van der Waals surface area contributed by atoms with E-state index in [9.17, 15) is 22.8 Å². The highest BCUT2D eigenvalue weighted by atomic mass is 35.5. The summed E-state index contributed by atoms with van der Waals surface area (Å²) < 4.78 is 45.7. The number of aryl methyl sites for hydroxylation is 2. The quantitative estimate of drug-likeness (QED) is 0.125. The molecule has 3 N–H and O–H groups in total. The van der Waals surface area contributed by atoms with Gasteiger partial charge < -0.3 is 24.8 Å². The first-order chi connectivity index (χ1) is 24.7. The predicted molar refractivity (Wildman–Crippen MR) is 203 cm³/mol. The first kappa shape index (κ1) is 41.6. The lowest BCUT2D eigenvalue weighted by Gasteiger charge is -2.25. The van der Waals surface area contributed by atoms with Crippen LogP contribution in [-0.2, 0) is 30.9 Å². The summed E-state index contributed by atoms with van der Waals surface area (Å²) in [4.78, 5) is 46.2. The first-order valence-corrected chi connectivity index (χ1v) is 19.2. The fourth-order valence-corrected chi connectivity index (χ4v) is 8.04. The molecule has 0 spiro atoms. The standard InChI is InChI=1S/C36H46Cl2N6O8S/c1-21-19-22(2)41-30-23(21)11-9-13-27(30)50-20-24-25(37)14-15-28(29(24)38)53(48,49)44-18-10-12-26(44)31(45)39-16-17-40-32(42-33(46)51-35(3,4)5)43-34(47)52-36(6,7)8/h9,11,13-15,19,26H,10,12,16-18,20H2,1-8H3,(H,39,45)(H2,40,42,43,46,47)/t26-/m0/s1. The van der Waals surface area contributed by atoms with Gasteiger partial charge in [-0.2, -0.15) is 4.31 Å².